The molecule has 4 nitrogen and oxygen atoms in total. The van der Waals surface area contributed by atoms with E-state index >= 15 is 0 Å². The summed E-state index contributed by atoms with van der Waals surface area (Å²) in [5.74, 6) is -2.10. The lowest BCUT2D eigenvalue weighted by Crippen LogP contribution is -2.40. The Bertz CT molecular complexity index is 727. The maximum absolute atomic E-state index is 11.9. The SMILES string of the molecule is O=C(O)C1CCC(C(=O)O)(c2ccc3ccccc3c2)CC1. The van der Waals surface area contributed by atoms with E-state index in [1.54, 1.807) is 0 Å². The van der Waals surface area contributed by atoms with Crippen molar-refractivity contribution in [1.82, 2.24) is 0 Å². The van der Waals surface area contributed by atoms with Crippen LogP contribution in [-0.2, 0) is 15.0 Å². The predicted octanol–water partition coefficient (Wildman–Crippen LogP) is 3.44. The van der Waals surface area contributed by atoms with Crippen molar-refractivity contribution in [3.8, 4) is 0 Å². The minimum atomic E-state index is -0.962. The molecule has 2 N–H and O–H groups in total. The maximum atomic E-state index is 11.9. The minimum Gasteiger partial charge on any atom is -0.481 e. The Morgan fingerprint density at radius 1 is 0.955 bits per heavy atom. The molecule has 0 atom stereocenters. The molecule has 1 saturated carbocycles. The van der Waals surface area contributed by atoms with E-state index in [0.717, 1.165) is 16.3 Å². The van der Waals surface area contributed by atoms with Crippen molar-refractivity contribution in [3.63, 3.8) is 0 Å². The molecule has 0 bridgehead atoms. The Morgan fingerprint density at radius 2 is 1.59 bits per heavy atom. The first-order valence-electron chi connectivity index (χ1n) is 7.48. The van der Waals surface area contributed by atoms with E-state index in [9.17, 15) is 14.7 Å². The van der Waals surface area contributed by atoms with Gasteiger partial charge in [0.2, 0.25) is 0 Å². The summed E-state index contributed by atoms with van der Waals surface area (Å²) in [5.41, 5.74) is -0.182. The zero-order valence-electron chi connectivity index (χ0n) is 12.2. The smallest absolute Gasteiger partial charge is 0.314 e. The zero-order chi connectivity index (χ0) is 15.7. The highest BCUT2D eigenvalue weighted by Gasteiger charge is 2.44. The molecule has 4 heteroatoms. The molecular formula is C18H18O4. The van der Waals surface area contributed by atoms with Crippen LogP contribution < -0.4 is 0 Å². The quantitative estimate of drug-likeness (QED) is 0.910. The van der Waals surface area contributed by atoms with Crippen LogP contribution in [-0.4, -0.2) is 22.2 Å². The number of rotatable bonds is 3. The van der Waals surface area contributed by atoms with Crippen LogP contribution in [0.1, 0.15) is 31.2 Å². The van der Waals surface area contributed by atoms with Gasteiger partial charge in [-0.15, -0.1) is 0 Å². The highest BCUT2D eigenvalue weighted by molar-refractivity contribution is 5.87. The zero-order valence-corrected chi connectivity index (χ0v) is 12.2. The van der Waals surface area contributed by atoms with Gasteiger partial charge >= 0.3 is 11.9 Å². The van der Waals surface area contributed by atoms with Crippen molar-refractivity contribution in [2.45, 2.75) is 31.1 Å². The topological polar surface area (TPSA) is 74.6 Å². The number of hydrogen-bond acceptors (Lipinski definition) is 2. The summed E-state index contributed by atoms with van der Waals surface area (Å²) < 4.78 is 0. The largest absolute Gasteiger partial charge is 0.481 e. The summed E-state index contributed by atoms with van der Waals surface area (Å²) in [6.45, 7) is 0. The highest BCUT2D eigenvalue weighted by Crippen LogP contribution is 2.42. The van der Waals surface area contributed by atoms with Gasteiger partial charge in [0.05, 0.1) is 11.3 Å². The number of carbonyl (C=O) groups is 2. The Balaban J connectivity index is 2.00. The van der Waals surface area contributed by atoms with Gasteiger partial charge in [0.15, 0.2) is 0 Å². The second-order valence-corrected chi connectivity index (χ2v) is 6.06. The van der Waals surface area contributed by atoms with Crippen molar-refractivity contribution < 1.29 is 19.8 Å². The van der Waals surface area contributed by atoms with Gasteiger partial charge in [-0.05, 0) is 42.0 Å². The summed E-state index contributed by atoms with van der Waals surface area (Å²) in [6, 6.07) is 13.6. The summed E-state index contributed by atoms with van der Waals surface area (Å²) in [5, 5.41) is 21.0. The average Bonchev–Trinajstić information content (AvgIpc) is 2.54. The van der Waals surface area contributed by atoms with Crippen molar-refractivity contribution in [3.05, 3.63) is 48.0 Å². The van der Waals surface area contributed by atoms with Crippen LogP contribution in [0.2, 0.25) is 0 Å². The number of carboxylic acids is 2. The lowest BCUT2D eigenvalue weighted by Gasteiger charge is -2.36. The van der Waals surface area contributed by atoms with E-state index < -0.39 is 23.3 Å². The van der Waals surface area contributed by atoms with Crippen LogP contribution in [0.4, 0.5) is 0 Å². The molecule has 2 aromatic rings. The number of carboxylic acid groups (broad SMARTS) is 2. The van der Waals surface area contributed by atoms with Crippen molar-refractivity contribution in [2.75, 3.05) is 0 Å². The van der Waals surface area contributed by atoms with Crippen molar-refractivity contribution in [2.24, 2.45) is 5.92 Å². The molecular weight excluding hydrogens is 280 g/mol. The summed E-state index contributed by atoms with van der Waals surface area (Å²) >= 11 is 0. The molecule has 1 aliphatic rings. The molecule has 1 aliphatic carbocycles. The van der Waals surface area contributed by atoms with Gasteiger partial charge in [0.1, 0.15) is 0 Å². The van der Waals surface area contributed by atoms with Crippen LogP contribution in [0.15, 0.2) is 42.5 Å². The van der Waals surface area contributed by atoms with Gasteiger partial charge in [-0.1, -0.05) is 42.5 Å². The van der Waals surface area contributed by atoms with Crippen LogP contribution in [0.3, 0.4) is 0 Å². The highest BCUT2D eigenvalue weighted by atomic mass is 16.4. The Labute approximate surface area is 128 Å². The van der Waals surface area contributed by atoms with E-state index in [2.05, 4.69) is 0 Å². The third kappa shape index (κ3) is 2.34. The Kier molecular flexibility index (Phi) is 3.61. The molecule has 0 saturated heterocycles. The van der Waals surface area contributed by atoms with Crippen molar-refractivity contribution in [1.29, 1.82) is 0 Å². The first-order valence-corrected chi connectivity index (χ1v) is 7.48. The molecule has 0 unspecified atom stereocenters. The van der Waals surface area contributed by atoms with Gasteiger partial charge in [-0.25, -0.2) is 0 Å². The molecule has 3 rings (SSSR count). The second-order valence-electron chi connectivity index (χ2n) is 6.06. The van der Waals surface area contributed by atoms with Crippen LogP contribution in [0.5, 0.6) is 0 Å². The van der Waals surface area contributed by atoms with Crippen LogP contribution in [0.25, 0.3) is 10.8 Å². The standard InChI is InChI=1S/C18H18O4/c19-16(20)13-7-9-18(10-8-13,17(21)22)15-6-5-12-3-1-2-4-14(12)11-15/h1-6,11,13H,7-10H2,(H,19,20)(H,21,22). The molecule has 0 heterocycles. The predicted molar refractivity (Wildman–Crippen MR) is 82.9 cm³/mol. The second kappa shape index (κ2) is 5.44. The first-order chi connectivity index (χ1) is 10.5. The minimum absolute atomic E-state index is 0.373. The van der Waals surface area contributed by atoms with Gasteiger partial charge in [-0.3, -0.25) is 9.59 Å². The van der Waals surface area contributed by atoms with Crippen molar-refractivity contribution >= 4 is 22.7 Å². The van der Waals surface area contributed by atoms with E-state index in [-0.39, 0.29) is 0 Å². The normalized spacial score (nSPS) is 25.0. The molecule has 2 aromatic carbocycles. The third-order valence-corrected chi connectivity index (χ3v) is 4.90. The third-order valence-electron chi connectivity index (χ3n) is 4.90. The van der Waals surface area contributed by atoms with Crippen LogP contribution in [0, 0.1) is 5.92 Å². The van der Waals surface area contributed by atoms with E-state index in [1.165, 1.54) is 0 Å². The van der Waals surface area contributed by atoms with Gasteiger partial charge in [0, 0.05) is 0 Å². The molecule has 1 fully saturated rings. The average molecular weight is 298 g/mol. The first kappa shape index (κ1) is 14.6. The number of aliphatic carboxylic acids is 2. The van der Waals surface area contributed by atoms with Gasteiger partial charge in [0.25, 0.3) is 0 Å². The molecule has 0 spiro atoms. The molecule has 0 aliphatic heterocycles. The Hall–Kier alpha value is -2.36. The van der Waals surface area contributed by atoms with E-state index in [0.29, 0.717) is 25.7 Å². The lowest BCUT2D eigenvalue weighted by molar-refractivity contribution is -0.150. The van der Waals surface area contributed by atoms with Crippen LogP contribution >= 0.6 is 0 Å². The molecule has 22 heavy (non-hydrogen) atoms. The fourth-order valence-corrected chi connectivity index (χ4v) is 3.47. The molecule has 0 aromatic heterocycles. The van der Waals surface area contributed by atoms with E-state index in [4.69, 9.17) is 5.11 Å². The summed E-state index contributed by atoms with van der Waals surface area (Å²) in [4.78, 5) is 23.0. The molecule has 0 radical (unpaired) electrons. The molecule has 0 amide bonds. The van der Waals surface area contributed by atoms with Gasteiger partial charge in [-0.2, -0.15) is 0 Å². The lowest BCUT2D eigenvalue weighted by atomic mass is 9.66. The monoisotopic (exact) mass is 298 g/mol. The summed E-state index contributed by atoms with van der Waals surface area (Å²) in [7, 11) is 0. The number of hydrogen-bond donors (Lipinski definition) is 2. The molecule has 114 valence electrons. The fraction of sp³-hybridized carbons (Fsp3) is 0.333. The number of fused-ring (bicyclic) bond motifs is 1. The summed E-state index contributed by atoms with van der Waals surface area (Å²) in [6.07, 6.45) is 1.57. The maximum Gasteiger partial charge on any atom is 0.314 e. The van der Waals surface area contributed by atoms with E-state index in [1.807, 2.05) is 42.5 Å². The fourth-order valence-electron chi connectivity index (χ4n) is 3.47. The van der Waals surface area contributed by atoms with Gasteiger partial charge < -0.3 is 10.2 Å². The number of benzene rings is 2. The Morgan fingerprint density at radius 3 is 2.18 bits per heavy atom.